The highest BCUT2D eigenvalue weighted by Gasteiger charge is 2.17. The van der Waals surface area contributed by atoms with E-state index in [-0.39, 0.29) is 0 Å². The minimum Gasteiger partial charge on any atom is -0.354 e. The van der Waals surface area contributed by atoms with E-state index in [2.05, 4.69) is 73.1 Å². The largest absolute Gasteiger partial charge is 0.354 e. The maximum Gasteiger partial charge on any atom is 0.135 e. The molecule has 1 saturated heterocycles. The number of halogens is 1. The van der Waals surface area contributed by atoms with Gasteiger partial charge in [-0.05, 0) is 47.1 Å². The Morgan fingerprint density at radius 1 is 1.13 bits per heavy atom. The summed E-state index contributed by atoms with van der Waals surface area (Å²) in [5.41, 5.74) is 2.23. The number of aromatic nitrogens is 2. The molecule has 1 aliphatic heterocycles. The Hall–Kier alpha value is -1.66. The van der Waals surface area contributed by atoms with Gasteiger partial charge in [-0.25, -0.2) is 9.97 Å². The number of rotatable bonds is 4. The number of piperazine rings is 1. The second-order valence-electron chi connectivity index (χ2n) is 5.79. The summed E-state index contributed by atoms with van der Waals surface area (Å²) in [6.07, 6.45) is 1.63. The fraction of sp³-hybridized carbons (Fsp3) is 0.412. The van der Waals surface area contributed by atoms with Crippen LogP contribution in [0.2, 0.25) is 0 Å². The molecule has 0 aliphatic carbocycles. The Morgan fingerprint density at radius 2 is 1.91 bits per heavy atom. The zero-order valence-corrected chi connectivity index (χ0v) is 15.2. The number of likely N-dealkylation sites (N-methyl/N-ethyl adjacent to an activating group) is 1. The van der Waals surface area contributed by atoms with Crippen LogP contribution in [-0.2, 0) is 0 Å². The Bertz CT molecular complexity index is 668. The van der Waals surface area contributed by atoms with Crippen LogP contribution in [-0.4, -0.2) is 47.6 Å². The minimum absolute atomic E-state index is 0.817. The highest BCUT2D eigenvalue weighted by molar-refractivity contribution is 9.10. The number of aryl methyl sites for hydroxylation is 1. The van der Waals surface area contributed by atoms with Crippen LogP contribution in [0.15, 0.2) is 35.1 Å². The lowest BCUT2D eigenvalue weighted by Gasteiger charge is -2.34. The highest BCUT2D eigenvalue weighted by Crippen LogP contribution is 2.27. The van der Waals surface area contributed by atoms with Gasteiger partial charge in [0.1, 0.15) is 18.0 Å². The van der Waals surface area contributed by atoms with Crippen molar-refractivity contribution in [1.82, 2.24) is 14.9 Å². The monoisotopic (exact) mass is 375 g/mol. The molecule has 122 valence electrons. The van der Waals surface area contributed by atoms with E-state index in [1.165, 1.54) is 5.56 Å². The summed E-state index contributed by atoms with van der Waals surface area (Å²) in [7, 11) is 0. The predicted molar refractivity (Wildman–Crippen MR) is 98.5 cm³/mol. The quantitative estimate of drug-likeness (QED) is 0.886. The number of hydrogen-bond donors (Lipinski definition) is 1. The topological polar surface area (TPSA) is 44.3 Å². The van der Waals surface area contributed by atoms with Crippen LogP contribution >= 0.6 is 15.9 Å². The van der Waals surface area contributed by atoms with Crippen molar-refractivity contribution in [3.8, 4) is 0 Å². The summed E-state index contributed by atoms with van der Waals surface area (Å²) >= 11 is 3.59. The van der Waals surface area contributed by atoms with E-state index in [0.717, 1.165) is 54.5 Å². The summed E-state index contributed by atoms with van der Waals surface area (Å²) in [4.78, 5) is 13.6. The average Bonchev–Trinajstić information content (AvgIpc) is 2.58. The molecule has 3 rings (SSSR count). The van der Waals surface area contributed by atoms with E-state index in [4.69, 9.17) is 0 Å². The molecule has 1 aromatic carbocycles. The molecule has 1 fully saturated rings. The van der Waals surface area contributed by atoms with E-state index in [9.17, 15) is 0 Å². The maximum atomic E-state index is 4.44. The first-order chi connectivity index (χ1) is 11.2. The number of benzene rings is 1. The molecule has 1 N–H and O–H groups in total. The van der Waals surface area contributed by atoms with E-state index in [0.29, 0.717) is 0 Å². The van der Waals surface area contributed by atoms with Crippen molar-refractivity contribution < 1.29 is 0 Å². The first-order valence-electron chi connectivity index (χ1n) is 7.98. The SMILES string of the molecule is CCN1CCN(c2cc(Nc3ccc(C)cc3Br)ncn2)CC1. The molecular formula is C17H22BrN5. The van der Waals surface area contributed by atoms with Gasteiger partial charge >= 0.3 is 0 Å². The van der Waals surface area contributed by atoms with Crippen LogP contribution in [0.5, 0.6) is 0 Å². The number of nitrogens with zero attached hydrogens (tertiary/aromatic N) is 4. The van der Waals surface area contributed by atoms with Gasteiger partial charge in [-0.1, -0.05) is 13.0 Å². The second-order valence-corrected chi connectivity index (χ2v) is 6.65. The van der Waals surface area contributed by atoms with Crippen LogP contribution in [0.3, 0.4) is 0 Å². The van der Waals surface area contributed by atoms with Crippen LogP contribution in [0.25, 0.3) is 0 Å². The van der Waals surface area contributed by atoms with Crippen molar-refractivity contribution in [2.75, 3.05) is 42.9 Å². The molecule has 0 spiro atoms. The van der Waals surface area contributed by atoms with E-state index < -0.39 is 0 Å². The molecule has 2 aromatic rings. The van der Waals surface area contributed by atoms with Crippen LogP contribution in [0.1, 0.15) is 12.5 Å². The van der Waals surface area contributed by atoms with Crippen molar-refractivity contribution in [1.29, 1.82) is 0 Å². The molecule has 0 unspecified atom stereocenters. The van der Waals surface area contributed by atoms with E-state index in [1.54, 1.807) is 6.33 Å². The third kappa shape index (κ3) is 4.00. The fourth-order valence-corrected chi connectivity index (χ4v) is 3.33. The number of anilines is 3. The van der Waals surface area contributed by atoms with Gasteiger partial charge in [-0.15, -0.1) is 0 Å². The molecule has 1 aromatic heterocycles. The van der Waals surface area contributed by atoms with Crippen molar-refractivity contribution in [2.45, 2.75) is 13.8 Å². The van der Waals surface area contributed by atoms with Gasteiger partial charge in [0.25, 0.3) is 0 Å². The van der Waals surface area contributed by atoms with Gasteiger partial charge < -0.3 is 15.1 Å². The van der Waals surface area contributed by atoms with Gasteiger partial charge in [0, 0.05) is 36.7 Å². The number of nitrogens with one attached hydrogen (secondary N) is 1. The molecule has 6 heteroatoms. The Kier molecular flexibility index (Phi) is 5.13. The first-order valence-corrected chi connectivity index (χ1v) is 8.77. The Balaban J connectivity index is 1.72. The summed E-state index contributed by atoms with van der Waals surface area (Å²) in [6.45, 7) is 9.61. The van der Waals surface area contributed by atoms with Gasteiger partial charge in [0.2, 0.25) is 0 Å². The predicted octanol–water partition coefficient (Wildman–Crippen LogP) is 3.43. The van der Waals surface area contributed by atoms with Crippen LogP contribution in [0, 0.1) is 6.92 Å². The van der Waals surface area contributed by atoms with Gasteiger partial charge in [0.15, 0.2) is 0 Å². The summed E-state index contributed by atoms with van der Waals surface area (Å²) < 4.78 is 1.04. The third-order valence-electron chi connectivity index (χ3n) is 4.18. The molecule has 2 heterocycles. The van der Waals surface area contributed by atoms with Crippen molar-refractivity contribution >= 4 is 33.3 Å². The maximum absolute atomic E-state index is 4.44. The van der Waals surface area contributed by atoms with E-state index in [1.807, 2.05) is 6.07 Å². The molecule has 0 saturated carbocycles. The molecule has 23 heavy (non-hydrogen) atoms. The fourth-order valence-electron chi connectivity index (χ4n) is 2.74. The van der Waals surface area contributed by atoms with Crippen LogP contribution in [0.4, 0.5) is 17.3 Å². The average molecular weight is 376 g/mol. The Labute approximate surface area is 145 Å². The van der Waals surface area contributed by atoms with Crippen molar-refractivity contribution in [2.24, 2.45) is 0 Å². The van der Waals surface area contributed by atoms with Gasteiger partial charge in [-0.2, -0.15) is 0 Å². The summed E-state index contributed by atoms with van der Waals surface area (Å²) in [5.74, 6) is 1.80. The molecule has 0 amide bonds. The summed E-state index contributed by atoms with van der Waals surface area (Å²) in [6, 6.07) is 8.25. The first kappa shape index (κ1) is 16.2. The Morgan fingerprint density at radius 3 is 2.61 bits per heavy atom. The van der Waals surface area contributed by atoms with Crippen molar-refractivity contribution in [3.63, 3.8) is 0 Å². The number of hydrogen-bond acceptors (Lipinski definition) is 5. The molecule has 5 nitrogen and oxygen atoms in total. The normalized spacial score (nSPS) is 15.7. The second kappa shape index (κ2) is 7.27. The third-order valence-corrected chi connectivity index (χ3v) is 4.84. The lowest BCUT2D eigenvalue weighted by Crippen LogP contribution is -2.46. The molecule has 1 aliphatic rings. The molecular weight excluding hydrogens is 354 g/mol. The highest BCUT2D eigenvalue weighted by atomic mass is 79.9. The summed E-state index contributed by atoms with van der Waals surface area (Å²) in [5, 5.41) is 3.36. The lowest BCUT2D eigenvalue weighted by atomic mass is 10.2. The zero-order chi connectivity index (χ0) is 16.2. The zero-order valence-electron chi connectivity index (χ0n) is 13.6. The van der Waals surface area contributed by atoms with Gasteiger partial charge in [0.05, 0.1) is 5.69 Å². The molecule has 0 radical (unpaired) electrons. The molecule has 0 bridgehead atoms. The smallest absolute Gasteiger partial charge is 0.135 e. The lowest BCUT2D eigenvalue weighted by molar-refractivity contribution is 0.270. The molecule has 0 atom stereocenters. The van der Waals surface area contributed by atoms with E-state index >= 15 is 0 Å². The standard InChI is InChI=1S/C17H22BrN5/c1-3-22-6-8-23(9-7-22)17-11-16(19-12-20-17)21-15-5-4-13(2)10-14(15)18/h4-5,10-12H,3,6-9H2,1-2H3,(H,19,20,21). The minimum atomic E-state index is 0.817. The van der Waals surface area contributed by atoms with Gasteiger partial charge in [-0.3, -0.25) is 0 Å². The van der Waals surface area contributed by atoms with Crippen LogP contribution < -0.4 is 10.2 Å². The van der Waals surface area contributed by atoms with Crippen molar-refractivity contribution in [3.05, 3.63) is 40.6 Å².